The standard InChI is InChI=1S/C21H17N3O3/c1-14-9-10-24-12-18(22-19(24)11-14)21(26)27-13-20(25)23-17-8-4-6-15-5-2-3-7-16(15)17/h2-12H,13H2,1H3,(H,23,25). The lowest BCUT2D eigenvalue weighted by Gasteiger charge is -2.08. The molecule has 1 N–H and O–H groups in total. The number of amides is 1. The lowest BCUT2D eigenvalue weighted by Crippen LogP contribution is -2.21. The summed E-state index contributed by atoms with van der Waals surface area (Å²) in [5.41, 5.74) is 2.54. The second kappa shape index (κ2) is 6.92. The minimum atomic E-state index is -0.635. The van der Waals surface area contributed by atoms with Crippen LogP contribution in [0.3, 0.4) is 0 Å². The van der Waals surface area contributed by atoms with Gasteiger partial charge in [0.25, 0.3) is 5.91 Å². The van der Waals surface area contributed by atoms with E-state index in [9.17, 15) is 9.59 Å². The van der Waals surface area contributed by atoms with E-state index in [1.54, 1.807) is 10.6 Å². The molecule has 0 aliphatic carbocycles. The topological polar surface area (TPSA) is 72.7 Å². The van der Waals surface area contributed by atoms with Gasteiger partial charge >= 0.3 is 5.97 Å². The average Bonchev–Trinajstić information content (AvgIpc) is 3.09. The molecule has 0 bridgehead atoms. The molecule has 0 aliphatic rings. The highest BCUT2D eigenvalue weighted by Crippen LogP contribution is 2.22. The van der Waals surface area contributed by atoms with Crippen LogP contribution >= 0.6 is 0 Å². The van der Waals surface area contributed by atoms with Crippen molar-refractivity contribution in [1.82, 2.24) is 9.38 Å². The molecule has 4 rings (SSSR count). The number of rotatable bonds is 4. The zero-order valence-corrected chi connectivity index (χ0v) is 14.7. The number of aryl methyl sites for hydroxylation is 1. The van der Waals surface area contributed by atoms with E-state index in [0.29, 0.717) is 11.3 Å². The van der Waals surface area contributed by atoms with Gasteiger partial charge in [0.1, 0.15) is 5.65 Å². The first-order chi connectivity index (χ1) is 13.1. The predicted molar refractivity (Wildman–Crippen MR) is 103 cm³/mol. The smallest absolute Gasteiger partial charge is 0.359 e. The molecule has 0 fully saturated rings. The first-order valence-corrected chi connectivity index (χ1v) is 8.50. The molecular formula is C21H17N3O3. The lowest BCUT2D eigenvalue weighted by molar-refractivity contribution is -0.119. The van der Waals surface area contributed by atoms with Crippen LogP contribution in [0.25, 0.3) is 16.4 Å². The van der Waals surface area contributed by atoms with Crippen LogP contribution < -0.4 is 5.32 Å². The average molecular weight is 359 g/mol. The number of nitrogens with zero attached hydrogens (tertiary/aromatic N) is 2. The van der Waals surface area contributed by atoms with Gasteiger partial charge in [0.05, 0.1) is 0 Å². The predicted octanol–water partition coefficient (Wildman–Crippen LogP) is 3.59. The van der Waals surface area contributed by atoms with E-state index < -0.39 is 11.9 Å². The summed E-state index contributed by atoms with van der Waals surface area (Å²) >= 11 is 0. The molecule has 6 heteroatoms. The van der Waals surface area contributed by atoms with Gasteiger partial charge in [-0.05, 0) is 36.1 Å². The molecule has 2 aromatic carbocycles. The summed E-state index contributed by atoms with van der Waals surface area (Å²) in [6.07, 6.45) is 3.40. The van der Waals surface area contributed by atoms with E-state index >= 15 is 0 Å². The quantitative estimate of drug-likeness (QED) is 0.565. The number of hydrogen-bond acceptors (Lipinski definition) is 4. The molecule has 0 aliphatic heterocycles. The second-order valence-electron chi connectivity index (χ2n) is 6.25. The zero-order chi connectivity index (χ0) is 18.8. The minimum Gasteiger partial charge on any atom is -0.451 e. The van der Waals surface area contributed by atoms with E-state index in [1.807, 2.05) is 67.7 Å². The first kappa shape index (κ1) is 16.8. The van der Waals surface area contributed by atoms with Crippen molar-refractivity contribution in [1.29, 1.82) is 0 Å². The van der Waals surface area contributed by atoms with Crippen molar-refractivity contribution in [3.8, 4) is 0 Å². The van der Waals surface area contributed by atoms with Crippen molar-refractivity contribution in [2.45, 2.75) is 6.92 Å². The van der Waals surface area contributed by atoms with Crippen LogP contribution in [0.1, 0.15) is 16.1 Å². The highest BCUT2D eigenvalue weighted by Gasteiger charge is 2.15. The summed E-state index contributed by atoms with van der Waals surface area (Å²) in [5, 5.41) is 4.73. The number of hydrogen-bond donors (Lipinski definition) is 1. The highest BCUT2D eigenvalue weighted by molar-refractivity contribution is 6.03. The Bertz CT molecular complexity index is 1160. The van der Waals surface area contributed by atoms with Crippen molar-refractivity contribution in [3.05, 3.63) is 78.2 Å². The van der Waals surface area contributed by atoms with Crippen molar-refractivity contribution in [2.75, 3.05) is 11.9 Å². The van der Waals surface area contributed by atoms with Crippen molar-refractivity contribution < 1.29 is 14.3 Å². The molecule has 0 radical (unpaired) electrons. The number of fused-ring (bicyclic) bond motifs is 2. The maximum atomic E-state index is 12.2. The van der Waals surface area contributed by atoms with E-state index in [2.05, 4.69) is 10.3 Å². The lowest BCUT2D eigenvalue weighted by atomic mass is 10.1. The third kappa shape index (κ3) is 3.50. The number of aromatic nitrogens is 2. The fourth-order valence-electron chi connectivity index (χ4n) is 2.91. The van der Waals surface area contributed by atoms with Crippen LogP contribution in [-0.2, 0) is 9.53 Å². The molecule has 0 spiro atoms. The van der Waals surface area contributed by atoms with Crippen molar-refractivity contribution in [2.24, 2.45) is 0 Å². The summed E-state index contributed by atoms with van der Waals surface area (Å²) < 4.78 is 6.84. The van der Waals surface area contributed by atoms with E-state index in [-0.39, 0.29) is 12.3 Å². The summed E-state index contributed by atoms with van der Waals surface area (Å²) in [6.45, 7) is 1.57. The van der Waals surface area contributed by atoms with Crippen LogP contribution in [0.5, 0.6) is 0 Å². The SMILES string of the molecule is Cc1ccn2cc(C(=O)OCC(=O)Nc3cccc4ccccc34)nc2c1. The Balaban J connectivity index is 1.43. The second-order valence-corrected chi connectivity index (χ2v) is 6.25. The summed E-state index contributed by atoms with van der Waals surface area (Å²) in [4.78, 5) is 28.6. The Labute approximate surface area is 155 Å². The summed E-state index contributed by atoms with van der Waals surface area (Å²) in [7, 11) is 0. The number of anilines is 1. The molecule has 4 aromatic rings. The molecular weight excluding hydrogens is 342 g/mol. The van der Waals surface area contributed by atoms with E-state index in [0.717, 1.165) is 16.3 Å². The number of carbonyl (C=O) groups is 2. The van der Waals surface area contributed by atoms with Crippen LogP contribution in [0.15, 0.2) is 67.0 Å². The fourth-order valence-corrected chi connectivity index (χ4v) is 2.91. The zero-order valence-electron chi connectivity index (χ0n) is 14.7. The Kier molecular flexibility index (Phi) is 4.30. The van der Waals surface area contributed by atoms with Gasteiger partial charge in [-0.15, -0.1) is 0 Å². The van der Waals surface area contributed by atoms with Gasteiger partial charge in [-0.1, -0.05) is 36.4 Å². The number of nitrogens with one attached hydrogen (secondary N) is 1. The number of imidazole rings is 1. The third-order valence-electron chi connectivity index (χ3n) is 4.22. The van der Waals surface area contributed by atoms with Crippen LogP contribution in [0.4, 0.5) is 5.69 Å². The number of ether oxygens (including phenoxy) is 1. The first-order valence-electron chi connectivity index (χ1n) is 8.50. The molecule has 0 saturated heterocycles. The molecule has 27 heavy (non-hydrogen) atoms. The molecule has 0 atom stereocenters. The third-order valence-corrected chi connectivity index (χ3v) is 4.22. The molecule has 2 heterocycles. The van der Waals surface area contributed by atoms with Crippen LogP contribution in [0.2, 0.25) is 0 Å². The number of esters is 1. The summed E-state index contributed by atoms with van der Waals surface area (Å²) in [5.74, 6) is -1.04. The van der Waals surface area contributed by atoms with Gasteiger partial charge in [0, 0.05) is 23.5 Å². The molecule has 6 nitrogen and oxygen atoms in total. The van der Waals surface area contributed by atoms with Crippen LogP contribution in [-0.4, -0.2) is 27.9 Å². The maximum Gasteiger partial charge on any atom is 0.359 e. The van der Waals surface area contributed by atoms with Gasteiger partial charge in [-0.3, -0.25) is 4.79 Å². The number of carbonyl (C=O) groups excluding carboxylic acids is 2. The molecule has 134 valence electrons. The van der Waals surface area contributed by atoms with E-state index in [4.69, 9.17) is 4.74 Å². The molecule has 0 saturated carbocycles. The fraction of sp³-hybridized carbons (Fsp3) is 0.0952. The Morgan fingerprint density at radius 3 is 2.81 bits per heavy atom. The van der Waals surface area contributed by atoms with Gasteiger partial charge in [0.2, 0.25) is 0 Å². The Morgan fingerprint density at radius 2 is 1.93 bits per heavy atom. The highest BCUT2D eigenvalue weighted by atomic mass is 16.5. The maximum absolute atomic E-state index is 12.2. The van der Waals surface area contributed by atoms with Gasteiger partial charge in [0.15, 0.2) is 12.3 Å². The Morgan fingerprint density at radius 1 is 1.11 bits per heavy atom. The molecule has 2 aromatic heterocycles. The van der Waals surface area contributed by atoms with Crippen molar-refractivity contribution in [3.63, 3.8) is 0 Å². The minimum absolute atomic E-state index is 0.165. The van der Waals surface area contributed by atoms with E-state index in [1.165, 1.54) is 0 Å². The van der Waals surface area contributed by atoms with Crippen molar-refractivity contribution >= 4 is 34.0 Å². The normalized spacial score (nSPS) is 10.9. The molecule has 0 unspecified atom stereocenters. The monoisotopic (exact) mass is 359 g/mol. The van der Waals surface area contributed by atoms with Gasteiger partial charge in [-0.25, -0.2) is 9.78 Å². The number of benzene rings is 2. The van der Waals surface area contributed by atoms with Gasteiger partial charge < -0.3 is 14.5 Å². The number of pyridine rings is 1. The molecule has 1 amide bonds. The largest absolute Gasteiger partial charge is 0.451 e. The van der Waals surface area contributed by atoms with Gasteiger partial charge in [-0.2, -0.15) is 0 Å². The summed E-state index contributed by atoms with van der Waals surface area (Å²) in [6, 6.07) is 17.2. The van der Waals surface area contributed by atoms with Crippen LogP contribution in [0, 0.1) is 6.92 Å². The Hall–Kier alpha value is -3.67.